The van der Waals surface area contributed by atoms with Crippen LogP contribution in [0.1, 0.15) is 12.6 Å². The summed E-state index contributed by atoms with van der Waals surface area (Å²) in [6.45, 7) is 1.68. The van der Waals surface area contributed by atoms with Gasteiger partial charge in [-0.25, -0.2) is 4.98 Å². The van der Waals surface area contributed by atoms with Crippen LogP contribution >= 0.6 is 22.9 Å². The van der Waals surface area contributed by atoms with E-state index >= 15 is 0 Å². The average Bonchev–Trinajstić information content (AvgIpc) is 3.11. The van der Waals surface area contributed by atoms with Gasteiger partial charge in [-0.1, -0.05) is 23.7 Å². The fourth-order valence-electron chi connectivity index (χ4n) is 2.80. The third kappa shape index (κ3) is 4.00. The molecule has 0 bridgehead atoms. The van der Waals surface area contributed by atoms with E-state index in [2.05, 4.69) is 15.6 Å². The molecule has 3 aromatic rings. The van der Waals surface area contributed by atoms with Crippen molar-refractivity contribution in [1.82, 2.24) is 4.98 Å². The summed E-state index contributed by atoms with van der Waals surface area (Å²) in [7, 11) is 0. The molecule has 8 heteroatoms. The first-order chi connectivity index (χ1) is 13.5. The number of nitrogens with one attached hydrogen (secondary N) is 2. The third-order valence-electron chi connectivity index (χ3n) is 4.16. The molecule has 2 heterocycles. The number of benzene rings is 2. The van der Waals surface area contributed by atoms with Crippen molar-refractivity contribution >= 4 is 46.1 Å². The van der Waals surface area contributed by atoms with Crippen LogP contribution in [0.4, 0.5) is 11.4 Å². The molecule has 0 radical (unpaired) electrons. The first kappa shape index (κ1) is 18.5. The van der Waals surface area contributed by atoms with Crippen molar-refractivity contribution in [3.8, 4) is 16.3 Å². The summed E-state index contributed by atoms with van der Waals surface area (Å²) in [4.78, 5) is 28.6. The quantitative estimate of drug-likeness (QED) is 0.665. The summed E-state index contributed by atoms with van der Waals surface area (Å²) in [6.07, 6.45) is -0.389. The molecule has 2 aromatic carbocycles. The number of aromatic nitrogens is 1. The maximum Gasteiger partial charge on any atom is 0.265 e. The second kappa shape index (κ2) is 7.61. The number of rotatable bonds is 4. The van der Waals surface area contributed by atoms with E-state index in [4.69, 9.17) is 16.3 Å². The Balaban J connectivity index is 1.43. The van der Waals surface area contributed by atoms with Gasteiger partial charge in [0.2, 0.25) is 5.91 Å². The molecule has 0 fully saturated rings. The molecule has 1 aromatic heterocycles. The zero-order valence-electron chi connectivity index (χ0n) is 14.9. The number of thiazole rings is 1. The Morgan fingerprint density at radius 3 is 3.00 bits per heavy atom. The van der Waals surface area contributed by atoms with Crippen molar-refractivity contribution in [2.45, 2.75) is 19.4 Å². The smallest absolute Gasteiger partial charge is 0.265 e. The first-order valence-corrected chi connectivity index (χ1v) is 9.85. The van der Waals surface area contributed by atoms with Crippen molar-refractivity contribution in [1.29, 1.82) is 0 Å². The van der Waals surface area contributed by atoms with E-state index in [0.29, 0.717) is 27.8 Å². The van der Waals surface area contributed by atoms with Crippen LogP contribution in [-0.4, -0.2) is 22.9 Å². The fourth-order valence-corrected chi connectivity index (χ4v) is 3.81. The Morgan fingerprint density at radius 1 is 1.32 bits per heavy atom. The second-order valence-electron chi connectivity index (χ2n) is 6.34. The molecule has 2 amide bonds. The minimum atomic E-state index is -0.536. The first-order valence-electron chi connectivity index (χ1n) is 8.60. The number of amides is 2. The molecule has 0 saturated carbocycles. The maximum atomic E-state index is 12.4. The predicted molar refractivity (Wildman–Crippen MR) is 110 cm³/mol. The summed E-state index contributed by atoms with van der Waals surface area (Å²) in [5.41, 5.74) is 2.72. The fraction of sp³-hybridized carbons (Fsp3) is 0.150. The number of ether oxygens (including phenoxy) is 1. The highest BCUT2D eigenvalue weighted by atomic mass is 35.5. The van der Waals surface area contributed by atoms with Crippen molar-refractivity contribution in [3.05, 3.63) is 58.6 Å². The van der Waals surface area contributed by atoms with Crippen molar-refractivity contribution in [2.75, 3.05) is 10.6 Å². The van der Waals surface area contributed by atoms with Gasteiger partial charge < -0.3 is 15.4 Å². The van der Waals surface area contributed by atoms with Gasteiger partial charge in [0.1, 0.15) is 10.8 Å². The molecule has 2 N–H and O–H groups in total. The summed E-state index contributed by atoms with van der Waals surface area (Å²) >= 11 is 7.49. The van der Waals surface area contributed by atoms with Crippen molar-refractivity contribution in [2.24, 2.45) is 0 Å². The largest absolute Gasteiger partial charge is 0.479 e. The minimum absolute atomic E-state index is 0.147. The monoisotopic (exact) mass is 413 g/mol. The second-order valence-corrected chi connectivity index (χ2v) is 7.63. The number of hydrogen-bond acceptors (Lipinski definition) is 5. The molecule has 1 aliphatic rings. The predicted octanol–water partition coefficient (Wildman–Crippen LogP) is 4.36. The van der Waals surface area contributed by atoms with Crippen LogP contribution in [0.25, 0.3) is 10.6 Å². The molecule has 142 valence electrons. The van der Waals surface area contributed by atoms with Gasteiger partial charge in [-0.15, -0.1) is 11.3 Å². The lowest BCUT2D eigenvalue weighted by Crippen LogP contribution is -2.34. The number of fused-ring (bicyclic) bond motifs is 1. The van der Waals surface area contributed by atoms with Crippen LogP contribution in [-0.2, 0) is 16.0 Å². The van der Waals surface area contributed by atoms with Gasteiger partial charge in [-0.05, 0) is 37.3 Å². The number of halogens is 1. The highest BCUT2D eigenvalue weighted by molar-refractivity contribution is 7.13. The van der Waals surface area contributed by atoms with Gasteiger partial charge in [0.25, 0.3) is 5.91 Å². The molecule has 1 unspecified atom stereocenters. The lowest BCUT2D eigenvalue weighted by atomic mass is 10.2. The Kier molecular flexibility index (Phi) is 5.02. The summed E-state index contributed by atoms with van der Waals surface area (Å²) < 4.78 is 5.51. The zero-order chi connectivity index (χ0) is 19.7. The van der Waals surface area contributed by atoms with Gasteiger partial charge >= 0.3 is 0 Å². The summed E-state index contributed by atoms with van der Waals surface area (Å²) in [5, 5.41) is 8.90. The lowest BCUT2D eigenvalue weighted by molar-refractivity contribution is -0.122. The van der Waals surface area contributed by atoms with Crippen LogP contribution in [0, 0.1) is 0 Å². The lowest BCUT2D eigenvalue weighted by Gasteiger charge is -2.23. The van der Waals surface area contributed by atoms with Crippen LogP contribution in [0.3, 0.4) is 0 Å². The van der Waals surface area contributed by atoms with E-state index < -0.39 is 6.10 Å². The summed E-state index contributed by atoms with van der Waals surface area (Å²) in [6, 6.07) is 12.6. The minimum Gasteiger partial charge on any atom is -0.479 e. The van der Waals surface area contributed by atoms with Gasteiger partial charge in [-0.3, -0.25) is 9.59 Å². The topological polar surface area (TPSA) is 80.3 Å². The highest BCUT2D eigenvalue weighted by Gasteiger charge is 2.23. The van der Waals surface area contributed by atoms with E-state index in [1.54, 1.807) is 31.2 Å². The average molecular weight is 414 g/mol. The Morgan fingerprint density at radius 2 is 2.18 bits per heavy atom. The number of hydrogen-bond donors (Lipinski definition) is 2. The van der Waals surface area contributed by atoms with E-state index in [1.165, 1.54) is 11.3 Å². The van der Waals surface area contributed by atoms with E-state index in [-0.39, 0.29) is 18.2 Å². The van der Waals surface area contributed by atoms with Gasteiger partial charge in [0.15, 0.2) is 6.10 Å². The molecule has 0 spiro atoms. The molecule has 28 heavy (non-hydrogen) atoms. The maximum absolute atomic E-state index is 12.4. The number of carbonyl (C=O) groups excluding carboxylic acids is 2. The molecule has 0 saturated heterocycles. The molecule has 0 aliphatic carbocycles. The Bertz CT molecular complexity index is 1070. The van der Waals surface area contributed by atoms with Crippen LogP contribution in [0.15, 0.2) is 47.8 Å². The van der Waals surface area contributed by atoms with E-state index in [9.17, 15) is 9.59 Å². The van der Waals surface area contributed by atoms with Gasteiger partial charge in [0.05, 0.1) is 17.8 Å². The molecular formula is C20H16ClN3O3S. The Hall–Kier alpha value is -2.90. The van der Waals surface area contributed by atoms with E-state index in [1.807, 2.05) is 23.6 Å². The standard InChI is InChI=1S/C20H16ClN3O3S/c1-11-19(26)24-16-8-14(5-6-17(16)27-11)22-18(25)9-15-10-28-20(23-15)12-3-2-4-13(21)7-12/h2-8,10-11H,9H2,1H3,(H,22,25)(H,24,26). The SMILES string of the molecule is CC1Oc2ccc(NC(=O)Cc3csc(-c4cccc(Cl)c4)n3)cc2NC1=O. The van der Waals surface area contributed by atoms with Gasteiger partial charge in [-0.2, -0.15) is 0 Å². The highest BCUT2D eigenvalue weighted by Crippen LogP contribution is 2.32. The number of carbonyl (C=O) groups is 2. The molecule has 4 rings (SSSR count). The van der Waals surface area contributed by atoms with E-state index in [0.717, 1.165) is 10.6 Å². The molecular weight excluding hydrogens is 398 g/mol. The normalized spacial score (nSPS) is 15.4. The molecule has 6 nitrogen and oxygen atoms in total. The number of nitrogens with zero attached hydrogens (tertiary/aromatic N) is 1. The van der Waals surface area contributed by atoms with Crippen LogP contribution in [0.2, 0.25) is 5.02 Å². The Labute approximate surface area is 170 Å². The van der Waals surface area contributed by atoms with Gasteiger partial charge in [0, 0.05) is 21.7 Å². The van der Waals surface area contributed by atoms with Crippen molar-refractivity contribution < 1.29 is 14.3 Å². The molecule has 1 atom stereocenters. The number of anilines is 2. The molecule has 1 aliphatic heterocycles. The van der Waals surface area contributed by atoms with Crippen LogP contribution < -0.4 is 15.4 Å². The van der Waals surface area contributed by atoms with Crippen molar-refractivity contribution in [3.63, 3.8) is 0 Å². The third-order valence-corrected chi connectivity index (χ3v) is 5.33. The summed E-state index contributed by atoms with van der Waals surface area (Å²) in [5.74, 6) is 0.169. The zero-order valence-corrected chi connectivity index (χ0v) is 16.4. The van der Waals surface area contributed by atoms with Crippen LogP contribution in [0.5, 0.6) is 5.75 Å².